The van der Waals surface area contributed by atoms with Crippen molar-refractivity contribution >= 4 is 0 Å². The number of piperazine rings is 1. The van der Waals surface area contributed by atoms with Gasteiger partial charge in [-0.15, -0.1) is 0 Å². The zero-order valence-corrected chi connectivity index (χ0v) is 15.9. The van der Waals surface area contributed by atoms with E-state index in [-0.39, 0.29) is 11.6 Å². The first-order chi connectivity index (χ1) is 14.2. The summed E-state index contributed by atoms with van der Waals surface area (Å²) in [5.41, 5.74) is 1.70. The van der Waals surface area contributed by atoms with E-state index in [0.717, 1.165) is 32.7 Å². The zero-order valence-electron chi connectivity index (χ0n) is 15.9. The number of ether oxygens (including phenoxy) is 1. The van der Waals surface area contributed by atoms with Crippen LogP contribution in [0.4, 0.5) is 8.78 Å². The molecule has 1 aromatic heterocycles. The van der Waals surface area contributed by atoms with Crippen LogP contribution in [-0.2, 0) is 13.1 Å². The van der Waals surface area contributed by atoms with Crippen molar-refractivity contribution in [1.29, 1.82) is 0 Å². The topological polar surface area (TPSA) is 54.6 Å². The number of rotatable bonds is 7. The molecule has 0 radical (unpaired) electrons. The summed E-state index contributed by atoms with van der Waals surface area (Å²) >= 11 is 0. The van der Waals surface area contributed by atoms with Crippen molar-refractivity contribution in [2.24, 2.45) is 0 Å². The van der Waals surface area contributed by atoms with Crippen molar-refractivity contribution in [3.05, 3.63) is 66.1 Å². The van der Waals surface area contributed by atoms with E-state index in [1.54, 1.807) is 18.2 Å². The average Bonchev–Trinajstić information content (AvgIpc) is 3.18. The number of halogens is 2. The van der Waals surface area contributed by atoms with E-state index in [4.69, 9.17) is 4.52 Å². The maximum absolute atomic E-state index is 12.6. The fourth-order valence-electron chi connectivity index (χ4n) is 3.42. The fraction of sp³-hybridized carbons (Fsp3) is 0.333. The zero-order chi connectivity index (χ0) is 20.1. The summed E-state index contributed by atoms with van der Waals surface area (Å²) in [5.74, 6) is 0.742. The summed E-state index contributed by atoms with van der Waals surface area (Å²) in [5, 5.41) is 3.94. The van der Waals surface area contributed by atoms with Crippen molar-refractivity contribution in [1.82, 2.24) is 19.9 Å². The van der Waals surface area contributed by atoms with Crippen LogP contribution in [0.3, 0.4) is 0 Å². The Morgan fingerprint density at radius 3 is 2.28 bits per heavy atom. The highest BCUT2D eigenvalue weighted by atomic mass is 19.3. The van der Waals surface area contributed by atoms with Crippen LogP contribution in [0.5, 0.6) is 5.75 Å². The van der Waals surface area contributed by atoms with E-state index in [0.29, 0.717) is 18.0 Å². The third-order valence-corrected chi connectivity index (χ3v) is 4.88. The highest BCUT2D eigenvalue weighted by Gasteiger charge is 2.21. The van der Waals surface area contributed by atoms with Gasteiger partial charge in [-0.2, -0.15) is 13.8 Å². The summed E-state index contributed by atoms with van der Waals surface area (Å²) in [7, 11) is 0. The van der Waals surface area contributed by atoms with Crippen molar-refractivity contribution in [3.8, 4) is 17.1 Å². The Labute approximate surface area is 167 Å². The lowest BCUT2D eigenvalue weighted by Gasteiger charge is -2.33. The van der Waals surface area contributed by atoms with Crippen LogP contribution < -0.4 is 4.74 Å². The molecule has 0 bridgehead atoms. The van der Waals surface area contributed by atoms with Gasteiger partial charge >= 0.3 is 6.61 Å². The molecule has 2 heterocycles. The van der Waals surface area contributed by atoms with Crippen molar-refractivity contribution in [3.63, 3.8) is 0 Å². The molecule has 0 saturated carbocycles. The van der Waals surface area contributed by atoms with Gasteiger partial charge in [0, 0.05) is 32.7 Å². The van der Waals surface area contributed by atoms with Gasteiger partial charge < -0.3 is 9.26 Å². The van der Waals surface area contributed by atoms with Crippen molar-refractivity contribution < 1.29 is 18.0 Å². The molecular formula is C21H22F2N4O2. The molecule has 1 aliphatic rings. The van der Waals surface area contributed by atoms with Crippen LogP contribution in [0, 0.1) is 0 Å². The van der Waals surface area contributed by atoms with E-state index in [1.807, 2.05) is 6.07 Å². The van der Waals surface area contributed by atoms with Crippen LogP contribution in [0.25, 0.3) is 11.4 Å². The number of benzene rings is 2. The smallest absolute Gasteiger partial charge is 0.387 e. The third-order valence-electron chi connectivity index (χ3n) is 4.88. The van der Waals surface area contributed by atoms with Gasteiger partial charge in [0.25, 0.3) is 0 Å². The summed E-state index contributed by atoms with van der Waals surface area (Å²) < 4.78 is 35.1. The Kier molecular flexibility index (Phi) is 6.12. The lowest BCUT2D eigenvalue weighted by molar-refractivity contribution is -0.0494. The molecule has 3 aromatic rings. The second-order valence-electron chi connectivity index (χ2n) is 6.92. The molecule has 0 spiro atoms. The van der Waals surface area contributed by atoms with Gasteiger partial charge in [-0.1, -0.05) is 47.6 Å². The van der Waals surface area contributed by atoms with E-state index >= 15 is 0 Å². The molecule has 2 aromatic carbocycles. The van der Waals surface area contributed by atoms with Crippen molar-refractivity contribution in [2.45, 2.75) is 19.7 Å². The first-order valence-corrected chi connectivity index (χ1v) is 9.53. The fourth-order valence-corrected chi connectivity index (χ4v) is 3.42. The number of alkyl halides is 2. The van der Waals surface area contributed by atoms with Gasteiger partial charge in [0.2, 0.25) is 11.7 Å². The predicted octanol–water partition coefficient (Wildman–Crippen LogP) is 3.66. The molecule has 0 unspecified atom stereocenters. The Balaban J connectivity index is 1.34. The van der Waals surface area contributed by atoms with Crippen LogP contribution in [0.1, 0.15) is 11.5 Å². The summed E-state index contributed by atoms with van der Waals surface area (Å²) in [4.78, 5) is 9.04. The van der Waals surface area contributed by atoms with E-state index in [1.165, 1.54) is 11.6 Å². The van der Waals surface area contributed by atoms with Crippen molar-refractivity contribution in [2.75, 3.05) is 26.2 Å². The molecule has 29 heavy (non-hydrogen) atoms. The molecule has 152 valence electrons. The molecule has 1 fully saturated rings. The number of nitrogens with zero attached hydrogens (tertiary/aromatic N) is 4. The normalized spacial score (nSPS) is 15.7. The van der Waals surface area contributed by atoms with Gasteiger partial charge in [-0.3, -0.25) is 9.80 Å². The highest BCUT2D eigenvalue weighted by molar-refractivity contribution is 5.63. The third kappa shape index (κ3) is 5.16. The number of hydrogen-bond donors (Lipinski definition) is 0. The van der Waals surface area contributed by atoms with Gasteiger partial charge in [0.05, 0.1) is 12.1 Å². The van der Waals surface area contributed by atoms with E-state index in [2.05, 4.69) is 48.9 Å². The minimum Gasteiger partial charge on any atom is -0.434 e. The van der Waals surface area contributed by atoms with Crippen LogP contribution >= 0.6 is 0 Å². The molecule has 0 N–H and O–H groups in total. The molecule has 1 aliphatic heterocycles. The lowest BCUT2D eigenvalue weighted by atomic mass is 10.2. The maximum atomic E-state index is 12.6. The summed E-state index contributed by atoms with van der Waals surface area (Å²) in [6, 6.07) is 16.9. The largest absolute Gasteiger partial charge is 0.434 e. The minimum atomic E-state index is -2.91. The molecule has 6 nitrogen and oxygen atoms in total. The van der Waals surface area contributed by atoms with Gasteiger partial charge in [0.15, 0.2) is 0 Å². The second kappa shape index (κ2) is 9.11. The number of hydrogen-bond acceptors (Lipinski definition) is 6. The Morgan fingerprint density at radius 2 is 1.55 bits per heavy atom. The van der Waals surface area contributed by atoms with Gasteiger partial charge in [-0.25, -0.2) is 0 Å². The second-order valence-corrected chi connectivity index (χ2v) is 6.92. The molecule has 4 rings (SSSR count). The summed E-state index contributed by atoms with van der Waals surface area (Å²) in [6.07, 6.45) is 0. The van der Waals surface area contributed by atoms with Gasteiger partial charge in [-0.05, 0) is 17.7 Å². The monoisotopic (exact) mass is 400 g/mol. The Bertz CT molecular complexity index is 912. The minimum absolute atomic E-state index is 0.0318. The number of aromatic nitrogens is 2. The highest BCUT2D eigenvalue weighted by Crippen LogP contribution is 2.29. The van der Waals surface area contributed by atoms with E-state index < -0.39 is 6.61 Å². The lowest BCUT2D eigenvalue weighted by Crippen LogP contribution is -2.45. The standard InChI is InChI=1S/C21H22F2N4O2/c22-21(23)28-18-9-5-4-8-17(18)20-24-19(29-25-20)15-27-12-10-26(11-13-27)14-16-6-2-1-3-7-16/h1-9,21H,10-15H2. The average molecular weight is 400 g/mol. The first-order valence-electron chi connectivity index (χ1n) is 9.53. The molecule has 8 heteroatoms. The Hall–Kier alpha value is -2.84. The number of para-hydroxylation sites is 1. The molecule has 0 atom stereocenters. The summed E-state index contributed by atoms with van der Waals surface area (Å²) in [6.45, 7) is 2.28. The van der Waals surface area contributed by atoms with Crippen LogP contribution in [0.15, 0.2) is 59.1 Å². The van der Waals surface area contributed by atoms with Gasteiger partial charge in [0.1, 0.15) is 5.75 Å². The molecule has 1 saturated heterocycles. The van der Waals surface area contributed by atoms with Crippen LogP contribution in [0.2, 0.25) is 0 Å². The SMILES string of the molecule is FC(F)Oc1ccccc1-c1noc(CN2CCN(Cc3ccccc3)CC2)n1. The first kappa shape index (κ1) is 19.5. The molecule has 0 amide bonds. The predicted molar refractivity (Wildman–Crippen MR) is 103 cm³/mol. The quantitative estimate of drug-likeness (QED) is 0.603. The van der Waals surface area contributed by atoms with E-state index in [9.17, 15) is 8.78 Å². The maximum Gasteiger partial charge on any atom is 0.387 e. The molecule has 0 aliphatic carbocycles. The van der Waals surface area contributed by atoms with Crippen LogP contribution in [-0.4, -0.2) is 52.7 Å². The molecular weight excluding hydrogens is 378 g/mol. The Morgan fingerprint density at radius 1 is 0.897 bits per heavy atom.